The average molecular weight is 240 g/mol. The van der Waals surface area contributed by atoms with Crippen LogP contribution in [0.25, 0.3) is 0 Å². The van der Waals surface area contributed by atoms with Crippen molar-refractivity contribution in [2.45, 2.75) is 18.7 Å². The maximum absolute atomic E-state index is 8.41. The van der Waals surface area contributed by atoms with Gasteiger partial charge in [0.25, 0.3) is 0 Å². The third-order valence-corrected chi connectivity index (χ3v) is 2.39. The first-order valence-electron chi connectivity index (χ1n) is 5.05. The lowest BCUT2D eigenvalue weighted by atomic mass is 10.2. The number of hydrogen-bond donors (Lipinski definition) is 0. The van der Waals surface area contributed by atoms with E-state index in [4.69, 9.17) is 26.3 Å². The lowest BCUT2D eigenvalue weighted by Crippen LogP contribution is -2.01. The summed E-state index contributed by atoms with van der Waals surface area (Å²) in [6, 6.07) is 7.67. The van der Waals surface area contributed by atoms with Gasteiger partial charge in [0.05, 0.1) is 25.7 Å². The minimum Gasteiger partial charge on any atom is -0.493 e. The second-order valence-corrected chi connectivity index (χ2v) is 3.46. The van der Waals surface area contributed by atoms with E-state index in [1.165, 1.54) is 0 Å². The summed E-state index contributed by atoms with van der Waals surface area (Å²) in [6.45, 7) is 0.498. The quantitative estimate of drug-likeness (QED) is 0.566. The molecule has 0 aliphatic heterocycles. The highest BCUT2D eigenvalue weighted by molar-refractivity contribution is 6.17. The zero-order valence-electron chi connectivity index (χ0n) is 9.20. The van der Waals surface area contributed by atoms with Crippen molar-refractivity contribution >= 4 is 11.6 Å². The molecule has 16 heavy (non-hydrogen) atoms. The smallest absolute Gasteiger partial charge is 0.165 e. The Balaban J connectivity index is 2.71. The van der Waals surface area contributed by atoms with Crippen LogP contribution in [0.15, 0.2) is 18.2 Å². The highest BCUT2D eigenvalue weighted by Gasteiger charge is 2.09. The molecule has 0 saturated heterocycles. The van der Waals surface area contributed by atoms with E-state index in [1.807, 2.05) is 18.2 Å². The zero-order chi connectivity index (χ0) is 11.8. The average Bonchev–Trinajstić information content (AvgIpc) is 2.34. The standard InChI is InChI=1S/C12H14ClNO2/c1-15-11-6-4-5-10(9-13)12(11)16-8-3-2-7-14/h4-6H,2-3,8-9H2,1H3. The molecule has 1 rings (SSSR count). The number of benzene rings is 1. The molecule has 0 bridgehead atoms. The van der Waals surface area contributed by atoms with Gasteiger partial charge in [-0.3, -0.25) is 0 Å². The molecule has 0 aromatic heterocycles. The Morgan fingerprint density at radius 3 is 2.88 bits per heavy atom. The van der Waals surface area contributed by atoms with Crippen molar-refractivity contribution in [3.05, 3.63) is 23.8 Å². The predicted octanol–water partition coefficient (Wildman–Crippen LogP) is 3.12. The summed E-state index contributed by atoms with van der Waals surface area (Å²) in [6.07, 6.45) is 1.20. The number of para-hydroxylation sites is 1. The Kier molecular flexibility index (Phi) is 5.52. The number of nitrogens with zero attached hydrogens (tertiary/aromatic N) is 1. The van der Waals surface area contributed by atoms with Crippen LogP contribution in [0.5, 0.6) is 11.5 Å². The summed E-state index contributed by atoms with van der Waals surface area (Å²) in [7, 11) is 1.59. The molecule has 0 N–H and O–H groups in total. The molecule has 0 aliphatic rings. The van der Waals surface area contributed by atoms with Gasteiger partial charge in [0.15, 0.2) is 11.5 Å². The Labute approximate surface area is 101 Å². The number of halogens is 1. The van der Waals surface area contributed by atoms with E-state index < -0.39 is 0 Å². The van der Waals surface area contributed by atoms with Gasteiger partial charge in [-0.05, 0) is 12.5 Å². The minimum absolute atomic E-state index is 0.380. The van der Waals surface area contributed by atoms with Gasteiger partial charge in [0.2, 0.25) is 0 Å². The fourth-order valence-corrected chi connectivity index (χ4v) is 1.53. The van der Waals surface area contributed by atoms with E-state index in [0.717, 1.165) is 5.56 Å². The van der Waals surface area contributed by atoms with Crippen LogP contribution in [0.4, 0.5) is 0 Å². The summed E-state index contributed by atoms with van der Waals surface area (Å²) in [5.74, 6) is 1.73. The summed E-state index contributed by atoms with van der Waals surface area (Å²) in [4.78, 5) is 0. The first-order valence-corrected chi connectivity index (χ1v) is 5.58. The molecule has 0 heterocycles. The molecule has 0 atom stereocenters. The van der Waals surface area contributed by atoms with Crippen LogP contribution in [0.3, 0.4) is 0 Å². The summed E-state index contributed by atoms with van der Waals surface area (Å²) in [5.41, 5.74) is 0.901. The molecule has 0 aliphatic carbocycles. The van der Waals surface area contributed by atoms with E-state index in [1.54, 1.807) is 7.11 Å². The fraction of sp³-hybridized carbons (Fsp3) is 0.417. The van der Waals surface area contributed by atoms with Gasteiger partial charge in [-0.1, -0.05) is 12.1 Å². The Bertz CT molecular complexity index is 352. The van der Waals surface area contributed by atoms with Crippen LogP contribution in [0, 0.1) is 11.3 Å². The molecule has 0 spiro atoms. The fourth-order valence-electron chi connectivity index (χ4n) is 1.32. The van der Waals surface area contributed by atoms with E-state index in [9.17, 15) is 0 Å². The molecule has 1 aromatic rings. The molecular formula is C12H14ClNO2. The van der Waals surface area contributed by atoms with Gasteiger partial charge < -0.3 is 9.47 Å². The molecule has 0 saturated carbocycles. The Morgan fingerprint density at radius 2 is 2.25 bits per heavy atom. The van der Waals surface area contributed by atoms with Crippen LogP contribution < -0.4 is 9.47 Å². The molecule has 1 aromatic carbocycles. The first kappa shape index (κ1) is 12.7. The van der Waals surface area contributed by atoms with Crippen molar-refractivity contribution in [3.8, 4) is 17.6 Å². The molecule has 0 amide bonds. The van der Waals surface area contributed by atoms with Gasteiger partial charge in [0.1, 0.15) is 0 Å². The van der Waals surface area contributed by atoms with Crippen molar-refractivity contribution in [2.24, 2.45) is 0 Å². The number of hydrogen-bond acceptors (Lipinski definition) is 3. The summed E-state index contributed by atoms with van der Waals surface area (Å²) in [5, 5.41) is 8.41. The molecule has 0 fully saturated rings. The lowest BCUT2D eigenvalue weighted by Gasteiger charge is -2.13. The topological polar surface area (TPSA) is 42.2 Å². The lowest BCUT2D eigenvalue weighted by molar-refractivity contribution is 0.288. The van der Waals surface area contributed by atoms with Crippen molar-refractivity contribution < 1.29 is 9.47 Å². The summed E-state index contributed by atoms with van der Waals surface area (Å²) < 4.78 is 10.8. The molecule has 3 nitrogen and oxygen atoms in total. The molecule has 4 heteroatoms. The number of alkyl halides is 1. The van der Waals surface area contributed by atoms with E-state index >= 15 is 0 Å². The van der Waals surface area contributed by atoms with Crippen LogP contribution >= 0.6 is 11.6 Å². The van der Waals surface area contributed by atoms with Crippen LogP contribution in [0.2, 0.25) is 0 Å². The highest BCUT2D eigenvalue weighted by atomic mass is 35.5. The molecular weight excluding hydrogens is 226 g/mol. The molecule has 0 radical (unpaired) electrons. The predicted molar refractivity (Wildman–Crippen MR) is 62.9 cm³/mol. The van der Waals surface area contributed by atoms with Gasteiger partial charge in [-0.15, -0.1) is 11.6 Å². The van der Waals surface area contributed by atoms with E-state index in [-0.39, 0.29) is 0 Å². The summed E-state index contributed by atoms with van der Waals surface area (Å²) >= 11 is 5.81. The van der Waals surface area contributed by atoms with Crippen LogP contribution in [-0.2, 0) is 5.88 Å². The SMILES string of the molecule is COc1cccc(CCl)c1OCCCC#N. The highest BCUT2D eigenvalue weighted by Crippen LogP contribution is 2.32. The largest absolute Gasteiger partial charge is 0.493 e. The number of rotatable bonds is 6. The minimum atomic E-state index is 0.380. The van der Waals surface area contributed by atoms with Crippen molar-refractivity contribution in [3.63, 3.8) is 0 Å². The van der Waals surface area contributed by atoms with Crippen molar-refractivity contribution in [1.82, 2.24) is 0 Å². The van der Waals surface area contributed by atoms with Gasteiger partial charge >= 0.3 is 0 Å². The number of ether oxygens (including phenoxy) is 2. The van der Waals surface area contributed by atoms with Crippen molar-refractivity contribution in [1.29, 1.82) is 5.26 Å². The third kappa shape index (κ3) is 3.32. The molecule has 86 valence electrons. The van der Waals surface area contributed by atoms with Crippen molar-refractivity contribution in [2.75, 3.05) is 13.7 Å². The number of nitriles is 1. The maximum atomic E-state index is 8.41. The number of methoxy groups -OCH3 is 1. The maximum Gasteiger partial charge on any atom is 0.165 e. The third-order valence-electron chi connectivity index (χ3n) is 2.10. The number of unbranched alkanes of at least 4 members (excludes halogenated alkanes) is 1. The Morgan fingerprint density at radius 1 is 1.44 bits per heavy atom. The molecule has 0 unspecified atom stereocenters. The Hall–Kier alpha value is -1.40. The van der Waals surface area contributed by atoms with E-state index in [2.05, 4.69) is 6.07 Å². The van der Waals surface area contributed by atoms with Crippen LogP contribution in [0.1, 0.15) is 18.4 Å². The van der Waals surface area contributed by atoms with Gasteiger partial charge in [-0.2, -0.15) is 5.26 Å². The second-order valence-electron chi connectivity index (χ2n) is 3.19. The second kappa shape index (κ2) is 6.97. The normalized spacial score (nSPS) is 9.56. The first-order chi connectivity index (χ1) is 7.83. The van der Waals surface area contributed by atoms with Gasteiger partial charge in [-0.25, -0.2) is 0 Å². The van der Waals surface area contributed by atoms with Gasteiger partial charge in [0, 0.05) is 12.0 Å². The van der Waals surface area contributed by atoms with E-state index in [0.29, 0.717) is 36.8 Å². The monoisotopic (exact) mass is 239 g/mol. The zero-order valence-corrected chi connectivity index (χ0v) is 9.96. The van der Waals surface area contributed by atoms with Crippen LogP contribution in [-0.4, -0.2) is 13.7 Å².